The first-order chi connectivity index (χ1) is 11.3. The van der Waals surface area contributed by atoms with E-state index >= 15 is 0 Å². The van der Waals surface area contributed by atoms with E-state index in [0.717, 1.165) is 44.6 Å². The molecule has 1 aromatic rings. The first-order valence-corrected chi connectivity index (χ1v) is 8.81. The van der Waals surface area contributed by atoms with E-state index in [1.54, 1.807) is 0 Å². The number of hydrazine groups is 1. The zero-order chi connectivity index (χ0) is 16.1. The maximum Gasteiger partial charge on any atom is 0.244 e. The molecule has 2 saturated heterocycles. The molecule has 2 fully saturated rings. The first-order valence-electron chi connectivity index (χ1n) is 8.81. The molecule has 3 atom stereocenters. The molecule has 0 aliphatic carbocycles. The Bertz CT molecular complexity index is 501. The third-order valence-electron chi connectivity index (χ3n) is 5.03. The minimum absolute atomic E-state index is 0.225. The smallest absolute Gasteiger partial charge is 0.244 e. The van der Waals surface area contributed by atoms with Crippen LogP contribution in [0.2, 0.25) is 0 Å². The molecule has 2 aliphatic rings. The van der Waals surface area contributed by atoms with Gasteiger partial charge in [-0.1, -0.05) is 30.3 Å². The number of nitrogens with one attached hydrogen (secondary N) is 3. The number of likely N-dealkylation sites (tertiary alicyclic amines) is 1. The van der Waals surface area contributed by atoms with E-state index in [1.807, 2.05) is 35.2 Å². The first kappa shape index (κ1) is 16.4. The molecule has 3 N–H and O–H groups in total. The Kier molecular flexibility index (Phi) is 5.65. The van der Waals surface area contributed by atoms with Crippen molar-refractivity contribution in [1.82, 2.24) is 21.1 Å². The summed E-state index contributed by atoms with van der Waals surface area (Å²) < 4.78 is 0. The molecule has 3 rings (SSSR count). The molecule has 5 nitrogen and oxygen atoms in total. The molecule has 126 valence electrons. The van der Waals surface area contributed by atoms with Gasteiger partial charge in [0.25, 0.3) is 0 Å². The molecule has 0 aromatic heterocycles. The SMILES string of the molecule is CC1NNCC1CNC(C(=O)N1CCCCC1)c1ccccc1. The van der Waals surface area contributed by atoms with Crippen LogP contribution >= 0.6 is 0 Å². The number of hydrogen-bond donors (Lipinski definition) is 3. The van der Waals surface area contributed by atoms with Gasteiger partial charge >= 0.3 is 0 Å². The van der Waals surface area contributed by atoms with Crippen molar-refractivity contribution in [2.75, 3.05) is 26.2 Å². The van der Waals surface area contributed by atoms with E-state index in [4.69, 9.17) is 0 Å². The standard InChI is InChI=1S/C18H28N4O/c1-14-16(13-20-21-14)12-19-17(15-8-4-2-5-9-15)18(23)22-10-6-3-7-11-22/h2,4-5,8-9,14,16-17,19-21H,3,6-7,10-13H2,1H3. The van der Waals surface area contributed by atoms with Crippen LogP contribution in [0.5, 0.6) is 0 Å². The zero-order valence-electron chi connectivity index (χ0n) is 13.9. The molecular weight excluding hydrogens is 288 g/mol. The van der Waals surface area contributed by atoms with Crippen molar-refractivity contribution < 1.29 is 4.79 Å². The van der Waals surface area contributed by atoms with E-state index in [2.05, 4.69) is 23.1 Å². The number of hydrogen-bond acceptors (Lipinski definition) is 4. The van der Waals surface area contributed by atoms with Crippen LogP contribution in [-0.2, 0) is 4.79 Å². The Morgan fingerprint density at radius 2 is 2.00 bits per heavy atom. The largest absolute Gasteiger partial charge is 0.341 e. The monoisotopic (exact) mass is 316 g/mol. The normalized spacial score (nSPS) is 26.2. The Morgan fingerprint density at radius 1 is 1.26 bits per heavy atom. The van der Waals surface area contributed by atoms with Crippen molar-refractivity contribution in [1.29, 1.82) is 0 Å². The minimum Gasteiger partial charge on any atom is -0.341 e. The van der Waals surface area contributed by atoms with Gasteiger partial charge in [-0.15, -0.1) is 0 Å². The predicted octanol–water partition coefficient (Wildman–Crippen LogP) is 1.44. The van der Waals surface area contributed by atoms with Gasteiger partial charge in [0.2, 0.25) is 5.91 Å². The van der Waals surface area contributed by atoms with E-state index in [-0.39, 0.29) is 11.9 Å². The van der Waals surface area contributed by atoms with Crippen molar-refractivity contribution in [3.63, 3.8) is 0 Å². The molecule has 0 spiro atoms. The second-order valence-electron chi connectivity index (χ2n) is 6.71. The van der Waals surface area contributed by atoms with Gasteiger partial charge in [0.1, 0.15) is 6.04 Å². The predicted molar refractivity (Wildman–Crippen MR) is 91.7 cm³/mol. The van der Waals surface area contributed by atoms with Crippen molar-refractivity contribution in [3.8, 4) is 0 Å². The summed E-state index contributed by atoms with van der Waals surface area (Å²) in [6, 6.07) is 10.3. The summed E-state index contributed by atoms with van der Waals surface area (Å²) in [5, 5.41) is 3.53. The summed E-state index contributed by atoms with van der Waals surface area (Å²) in [5.74, 6) is 0.720. The van der Waals surface area contributed by atoms with Gasteiger partial charge < -0.3 is 10.2 Å². The maximum absolute atomic E-state index is 13.0. The molecule has 3 unspecified atom stereocenters. The fourth-order valence-electron chi connectivity index (χ4n) is 3.45. The summed E-state index contributed by atoms with van der Waals surface area (Å²) in [6.45, 7) is 5.74. The van der Waals surface area contributed by atoms with E-state index in [1.165, 1.54) is 6.42 Å². The number of carbonyl (C=O) groups is 1. The fourth-order valence-corrected chi connectivity index (χ4v) is 3.45. The molecule has 2 aliphatic heterocycles. The molecule has 1 amide bonds. The molecule has 0 bridgehead atoms. The van der Waals surface area contributed by atoms with Crippen molar-refractivity contribution in [2.24, 2.45) is 5.92 Å². The highest BCUT2D eigenvalue weighted by Crippen LogP contribution is 2.20. The van der Waals surface area contributed by atoms with Crippen LogP contribution in [0.3, 0.4) is 0 Å². The van der Waals surface area contributed by atoms with Crippen molar-refractivity contribution in [3.05, 3.63) is 35.9 Å². The molecule has 5 heteroatoms. The van der Waals surface area contributed by atoms with Crippen LogP contribution in [0.1, 0.15) is 37.8 Å². The second-order valence-corrected chi connectivity index (χ2v) is 6.71. The molecular formula is C18H28N4O. The average Bonchev–Trinajstić information content (AvgIpc) is 3.02. The Labute approximate surface area is 138 Å². The van der Waals surface area contributed by atoms with Crippen LogP contribution < -0.4 is 16.2 Å². The topological polar surface area (TPSA) is 56.4 Å². The zero-order valence-corrected chi connectivity index (χ0v) is 13.9. The third-order valence-corrected chi connectivity index (χ3v) is 5.03. The fraction of sp³-hybridized carbons (Fsp3) is 0.611. The molecule has 23 heavy (non-hydrogen) atoms. The van der Waals surface area contributed by atoms with Crippen LogP contribution in [0.15, 0.2) is 30.3 Å². The highest BCUT2D eigenvalue weighted by atomic mass is 16.2. The summed E-state index contributed by atoms with van der Waals surface area (Å²) in [6.07, 6.45) is 3.49. The van der Waals surface area contributed by atoms with Crippen LogP contribution in [-0.4, -0.2) is 43.0 Å². The van der Waals surface area contributed by atoms with Crippen LogP contribution in [0.4, 0.5) is 0 Å². The quantitative estimate of drug-likeness (QED) is 0.769. The molecule has 2 heterocycles. The van der Waals surface area contributed by atoms with Gasteiger partial charge in [0, 0.05) is 38.1 Å². The minimum atomic E-state index is -0.234. The summed E-state index contributed by atoms with van der Waals surface area (Å²) in [7, 11) is 0. The Balaban J connectivity index is 1.69. The van der Waals surface area contributed by atoms with Crippen molar-refractivity contribution in [2.45, 2.75) is 38.3 Å². The van der Waals surface area contributed by atoms with Gasteiger partial charge in [-0.3, -0.25) is 15.6 Å². The molecule has 1 aromatic carbocycles. The second kappa shape index (κ2) is 7.90. The summed E-state index contributed by atoms with van der Waals surface area (Å²) >= 11 is 0. The lowest BCUT2D eigenvalue weighted by Crippen LogP contribution is -2.45. The lowest BCUT2D eigenvalue weighted by Gasteiger charge is -2.31. The number of carbonyl (C=O) groups excluding carboxylic acids is 1. The summed E-state index contributed by atoms with van der Waals surface area (Å²) in [5.41, 5.74) is 7.50. The lowest BCUT2D eigenvalue weighted by atomic mass is 10.00. The maximum atomic E-state index is 13.0. The number of piperidine rings is 1. The van der Waals surface area contributed by atoms with Crippen molar-refractivity contribution >= 4 is 5.91 Å². The van der Waals surface area contributed by atoms with Crippen LogP contribution in [0.25, 0.3) is 0 Å². The van der Waals surface area contributed by atoms with Gasteiger partial charge in [-0.2, -0.15) is 0 Å². The van der Waals surface area contributed by atoms with E-state index in [0.29, 0.717) is 12.0 Å². The Hall–Kier alpha value is -1.43. The van der Waals surface area contributed by atoms with E-state index < -0.39 is 0 Å². The molecule has 0 saturated carbocycles. The van der Waals surface area contributed by atoms with Gasteiger partial charge in [0.05, 0.1) is 0 Å². The summed E-state index contributed by atoms with van der Waals surface area (Å²) in [4.78, 5) is 15.0. The lowest BCUT2D eigenvalue weighted by molar-refractivity contribution is -0.134. The Morgan fingerprint density at radius 3 is 2.65 bits per heavy atom. The van der Waals surface area contributed by atoms with Gasteiger partial charge in [0.15, 0.2) is 0 Å². The van der Waals surface area contributed by atoms with Gasteiger partial charge in [-0.05, 0) is 31.7 Å². The third kappa shape index (κ3) is 4.10. The van der Waals surface area contributed by atoms with Crippen LogP contribution in [0, 0.1) is 5.92 Å². The highest BCUT2D eigenvalue weighted by Gasteiger charge is 2.29. The molecule has 0 radical (unpaired) electrons. The van der Waals surface area contributed by atoms with E-state index in [9.17, 15) is 4.79 Å². The number of amides is 1. The number of nitrogens with zero attached hydrogens (tertiary/aromatic N) is 1. The number of rotatable bonds is 5. The highest BCUT2D eigenvalue weighted by molar-refractivity contribution is 5.83. The number of benzene rings is 1. The van der Waals surface area contributed by atoms with Gasteiger partial charge in [-0.25, -0.2) is 0 Å². The average molecular weight is 316 g/mol.